The van der Waals surface area contributed by atoms with Crippen molar-refractivity contribution in [1.29, 1.82) is 0 Å². The number of allylic oxidation sites excluding steroid dienone is 2. The number of hydrogen-bond donors (Lipinski definition) is 2. The third-order valence-corrected chi connectivity index (χ3v) is 5.28. The molecule has 2 N–H and O–H groups in total. The van der Waals surface area contributed by atoms with E-state index in [-0.39, 0.29) is 5.41 Å². The molecule has 2 heterocycles. The van der Waals surface area contributed by atoms with Crippen molar-refractivity contribution in [3.8, 4) is 0 Å². The average Bonchev–Trinajstić information content (AvgIpc) is 2.73. The number of rotatable bonds is 2. The van der Waals surface area contributed by atoms with Gasteiger partial charge in [-0.1, -0.05) is 32.5 Å². The second-order valence-electron chi connectivity index (χ2n) is 5.78. The van der Waals surface area contributed by atoms with E-state index < -0.39 is 0 Å². The fraction of sp³-hybridized carbons (Fsp3) is 0.571. The molecule has 0 bridgehead atoms. The van der Waals surface area contributed by atoms with Crippen molar-refractivity contribution < 1.29 is 4.99 Å². The first kappa shape index (κ1) is 14.6. The summed E-state index contributed by atoms with van der Waals surface area (Å²) in [6.45, 7) is 12.8. The van der Waals surface area contributed by atoms with Gasteiger partial charge in [0, 0.05) is 23.4 Å². The predicted molar refractivity (Wildman–Crippen MR) is 83.9 cm³/mol. The van der Waals surface area contributed by atoms with Crippen LogP contribution >= 0.6 is 23.1 Å². The maximum Gasteiger partial charge on any atom is 0.187 e. The van der Waals surface area contributed by atoms with Gasteiger partial charge in [-0.25, -0.2) is 9.98 Å². The van der Waals surface area contributed by atoms with E-state index in [1.54, 1.807) is 23.1 Å². The molecule has 1 aromatic rings. The molecular formula is C14H22N3S2+. The fourth-order valence-corrected chi connectivity index (χ4v) is 3.96. The van der Waals surface area contributed by atoms with Crippen molar-refractivity contribution in [2.75, 3.05) is 13.1 Å². The maximum absolute atomic E-state index is 4.75. The number of aromatic nitrogens is 1. The average molecular weight is 296 g/mol. The minimum atomic E-state index is 0.122. The summed E-state index contributed by atoms with van der Waals surface area (Å²) in [5, 5.41) is 5.61. The lowest BCUT2D eigenvalue weighted by Gasteiger charge is -2.14. The van der Waals surface area contributed by atoms with E-state index in [1.807, 2.05) is 0 Å². The summed E-state index contributed by atoms with van der Waals surface area (Å²) < 4.78 is 1.11. The molecule has 0 saturated carbocycles. The van der Waals surface area contributed by atoms with Gasteiger partial charge in [-0.2, -0.15) is 0 Å². The molecule has 1 aliphatic rings. The highest BCUT2D eigenvalue weighted by molar-refractivity contribution is 8.05. The molecular weight excluding hydrogens is 274 g/mol. The molecule has 0 fully saturated rings. The van der Waals surface area contributed by atoms with Crippen LogP contribution in [-0.4, -0.2) is 23.8 Å². The number of nitrogens with one attached hydrogen (secondary N) is 2. The lowest BCUT2D eigenvalue weighted by Crippen LogP contribution is -2.73. The lowest BCUT2D eigenvalue weighted by molar-refractivity contribution is -0.453. The second-order valence-corrected chi connectivity index (χ2v) is 7.90. The fourth-order valence-electron chi connectivity index (χ4n) is 1.83. The van der Waals surface area contributed by atoms with Crippen LogP contribution in [0.25, 0.3) is 0 Å². The Balaban J connectivity index is 2.23. The van der Waals surface area contributed by atoms with E-state index in [1.165, 1.54) is 22.0 Å². The van der Waals surface area contributed by atoms with Gasteiger partial charge in [0.25, 0.3) is 0 Å². The van der Waals surface area contributed by atoms with Gasteiger partial charge < -0.3 is 5.32 Å². The highest BCUT2D eigenvalue weighted by atomic mass is 32.2. The van der Waals surface area contributed by atoms with Gasteiger partial charge in [-0.15, -0.1) is 11.3 Å². The zero-order chi connectivity index (χ0) is 14.0. The van der Waals surface area contributed by atoms with Crippen molar-refractivity contribution in [2.45, 2.75) is 44.4 Å². The van der Waals surface area contributed by atoms with Crippen molar-refractivity contribution >= 4 is 28.8 Å². The Hall–Kier alpha value is -0.810. The molecule has 2 rings (SSSR count). The minimum Gasteiger partial charge on any atom is -0.381 e. The van der Waals surface area contributed by atoms with Crippen molar-refractivity contribution in [2.24, 2.45) is 0 Å². The summed E-state index contributed by atoms with van der Waals surface area (Å²) in [5.74, 6) is 0. The highest BCUT2D eigenvalue weighted by Gasteiger charge is 2.21. The smallest absolute Gasteiger partial charge is 0.187 e. The Morgan fingerprint density at radius 3 is 2.74 bits per heavy atom. The summed E-state index contributed by atoms with van der Waals surface area (Å²) in [4.78, 5) is 9.46. The van der Waals surface area contributed by atoms with Crippen LogP contribution in [0.4, 0.5) is 0 Å². The van der Waals surface area contributed by atoms with Crippen LogP contribution in [0.15, 0.2) is 20.3 Å². The van der Waals surface area contributed by atoms with Crippen LogP contribution in [0, 0.1) is 0 Å². The summed E-state index contributed by atoms with van der Waals surface area (Å²) >= 11 is 3.49. The first-order chi connectivity index (χ1) is 8.88. The molecule has 0 spiro atoms. The number of thiazole rings is 1. The molecule has 0 unspecified atom stereocenters. The van der Waals surface area contributed by atoms with Crippen molar-refractivity contribution in [3.63, 3.8) is 0 Å². The summed E-state index contributed by atoms with van der Waals surface area (Å²) in [6.07, 6.45) is 0. The molecule has 0 aliphatic carbocycles. The second kappa shape index (κ2) is 5.67. The molecule has 5 heteroatoms. The Kier molecular flexibility index (Phi) is 4.36. The minimum absolute atomic E-state index is 0.122. The Morgan fingerprint density at radius 2 is 2.11 bits per heavy atom. The van der Waals surface area contributed by atoms with Crippen molar-refractivity contribution in [1.82, 2.24) is 10.3 Å². The van der Waals surface area contributed by atoms with Crippen LogP contribution in [0.3, 0.4) is 0 Å². The van der Waals surface area contributed by atoms with Crippen LogP contribution in [0.2, 0.25) is 0 Å². The van der Waals surface area contributed by atoms with E-state index in [9.17, 15) is 0 Å². The summed E-state index contributed by atoms with van der Waals surface area (Å²) in [5.41, 5.74) is 3.77. The maximum atomic E-state index is 4.75. The summed E-state index contributed by atoms with van der Waals surface area (Å²) in [7, 11) is 0. The quantitative estimate of drug-likeness (QED) is 0.876. The van der Waals surface area contributed by atoms with Gasteiger partial charge in [-0.3, -0.25) is 0 Å². The third kappa shape index (κ3) is 3.60. The first-order valence-electron chi connectivity index (χ1n) is 6.54. The Bertz CT molecular complexity index is 521. The monoisotopic (exact) mass is 296 g/mol. The highest BCUT2D eigenvalue weighted by Crippen LogP contribution is 2.34. The SMILES string of the molecule is CC1=[NH+]CCNC(C)=C1Sc1nc(C(C)(C)C)cs1. The normalized spacial score (nSPS) is 17.0. The van der Waals surface area contributed by atoms with E-state index in [0.29, 0.717) is 0 Å². The van der Waals surface area contributed by atoms with Gasteiger partial charge in [0.15, 0.2) is 16.6 Å². The molecule has 3 nitrogen and oxygen atoms in total. The summed E-state index contributed by atoms with van der Waals surface area (Å²) in [6, 6.07) is 0. The van der Waals surface area contributed by atoms with Crippen LogP contribution in [0.1, 0.15) is 40.3 Å². The number of hydrogen-bond acceptors (Lipinski definition) is 4. The van der Waals surface area contributed by atoms with Crippen LogP contribution in [0.5, 0.6) is 0 Å². The Morgan fingerprint density at radius 1 is 1.37 bits per heavy atom. The topological polar surface area (TPSA) is 38.9 Å². The third-order valence-electron chi connectivity index (χ3n) is 3.03. The van der Waals surface area contributed by atoms with Gasteiger partial charge >= 0.3 is 0 Å². The lowest BCUT2D eigenvalue weighted by atomic mass is 9.93. The molecule has 1 aromatic heterocycles. The van der Waals surface area contributed by atoms with E-state index in [4.69, 9.17) is 4.98 Å². The van der Waals surface area contributed by atoms with Gasteiger partial charge in [0.1, 0.15) is 0 Å². The van der Waals surface area contributed by atoms with Crippen LogP contribution < -0.4 is 10.3 Å². The van der Waals surface area contributed by atoms with Gasteiger partial charge in [-0.05, 0) is 6.92 Å². The van der Waals surface area contributed by atoms with Crippen LogP contribution in [-0.2, 0) is 5.41 Å². The zero-order valence-electron chi connectivity index (χ0n) is 12.3. The largest absolute Gasteiger partial charge is 0.381 e. The molecule has 104 valence electrons. The van der Waals surface area contributed by atoms with Gasteiger partial charge in [0.2, 0.25) is 0 Å². The molecule has 0 atom stereocenters. The van der Waals surface area contributed by atoms with E-state index >= 15 is 0 Å². The predicted octanol–water partition coefficient (Wildman–Crippen LogP) is 1.91. The number of thioether (sulfide) groups is 1. The molecule has 1 aliphatic heterocycles. The zero-order valence-corrected chi connectivity index (χ0v) is 13.9. The number of nitrogens with zero attached hydrogens (tertiary/aromatic N) is 1. The Labute approximate surface area is 123 Å². The molecule has 0 aromatic carbocycles. The van der Waals surface area contributed by atoms with Crippen molar-refractivity contribution in [3.05, 3.63) is 21.7 Å². The van der Waals surface area contributed by atoms with E-state index in [0.717, 1.165) is 17.4 Å². The molecule has 0 saturated heterocycles. The molecule has 0 amide bonds. The molecule has 0 radical (unpaired) electrons. The standard InChI is InChI=1S/C14H21N3S2/c1-9-12(10(2)16-7-6-15-9)19-13-17-11(8-18-13)14(3,4)5/h8,15H,6-7H2,1-5H3/p+1. The van der Waals surface area contributed by atoms with E-state index in [2.05, 4.69) is 50.3 Å². The first-order valence-corrected chi connectivity index (χ1v) is 8.24. The molecule has 19 heavy (non-hydrogen) atoms. The van der Waals surface area contributed by atoms with Gasteiger partial charge in [0.05, 0.1) is 17.1 Å².